The summed E-state index contributed by atoms with van der Waals surface area (Å²) in [5, 5.41) is 8.90. The summed E-state index contributed by atoms with van der Waals surface area (Å²) in [7, 11) is 0. The van der Waals surface area contributed by atoms with Crippen molar-refractivity contribution < 1.29 is 4.79 Å². The van der Waals surface area contributed by atoms with Crippen molar-refractivity contribution >= 4 is 17.4 Å². The van der Waals surface area contributed by atoms with E-state index in [0.29, 0.717) is 25.1 Å². The average molecular weight is 412 g/mol. The zero-order valence-corrected chi connectivity index (χ0v) is 17.8. The smallest absolute Gasteiger partial charge is 0.330 e. The standard InChI is InChI=1S/C22H29N5O3/c1-4-5-12-26-20(24)19(21(29)25-22(26)30)27(14-15(2)3)18(28)11-10-16-6-8-17(13-23)9-7-16/h6-9,15H,4-5,10-12,14,24H2,1-3H3,(H,25,29,30). The zero-order valence-electron chi connectivity index (χ0n) is 17.8. The molecule has 0 saturated carbocycles. The molecule has 0 aliphatic carbocycles. The molecular weight excluding hydrogens is 382 g/mol. The predicted molar refractivity (Wildman–Crippen MR) is 117 cm³/mol. The molecule has 0 unspecified atom stereocenters. The quantitative estimate of drug-likeness (QED) is 0.655. The van der Waals surface area contributed by atoms with Gasteiger partial charge in [0.05, 0.1) is 11.6 Å². The van der Waals surface area contributed by atoms with Gasteiger partial charge in [0.1, 0.15) is 5.82 Å². The van der Waals surface area contributed by atoms with Crippen molar-refractivity contribution in [2.24, 2.45) is 5.92 Å². The molecule has 8 nitrogen and oxygen atoms in total. The number of anilines is 2. The van der Waals surface area contributed by atoms with Gasteiger partial charge < -0.3 is 10.6 Å². The first-order valence-electron chi connectivity index (χ1n) is 10.2. The molecule has 0 fully saturated rings. The lowest BCUT2D eigenvalue weighted by atomic mass is 10.1. The average Bonchev–Trinajstić information content (AvgIpc) is 2.71. The minimum absolute atomic E-state index is 0.0181. The number of nitrogens with one attached hydrogen (secondary N) is 1. The van der Waals surface area contributed by atoms with Crippen LogP contribution in [0.25, 0.3) is 0 Å². The zero-order chi connectivity index (χ0) is 22.3. The Labute approximate surface area is 175 Å². The van der Waals surface area contributed by atoms with Crippen LogP contribution >= 0.6 is 0 Å². The third kappa shape index (κ3) is 5.60. The lowest BCUT2D eigenvalue weighted by Gasteiger charge is -2.26. The number of unbranched alkanes of at least 4 members (excludes halogenated alkanes) is 1. The predicted octanol–water partition coefficient (Wildman–Crippen LogP) is 2.41. The van der Waals surface area contributed by atoms with Crippen LogP contribution in [0.3, 0.4) is 0 Å². The number of benzene rings is 1. The van der Waals surface area contributed by atoms with Gasteiger partial charge in [-0.2, -0.15) is 5.26 Å². The van der Waals surface area contributed by atoms with E-state index in [1.54, 1.807) is 12.1 Å². The van der Waals surface area contributed by atoms with Crippen molar-refractivity contribution in [3.63, 3.8) is 0 Å². The van der Waals surface area contributed by atoms with Crippen molar-refractivity contribution in [1.29, 1.82) is 5.26 Å². The number of carbonyl (C=O) groups is 1. The number of H-pyrrole nitrogens is 1. The van der Waals surface area contributed by atoms with E-state index in [0.717, 1.165) is 18.4 Å². The van der Waals surface area contributed by atoms with Gasteiger partial charge in [-0.15, -0.1) is 0 Å². The molecule has 160 valence electrons. The Morgan fingerprint density at radius 1 is 1.27 bits per heavy atom. The summed E-state index contributed by atoms with van der Waals surface area (Å²) >= 11 is 0. The number of aromatic amines is 1. The van der Waals surface area contributed by atoms with E-state index in [1.165, 1.54) is 9.47 Å². The van der Waals surface area contributed by atoms with E-state index in [4.69, 9.17) is 11.0 Å². The Bertz CT molecular complexity index is 1030. The summed E-state index contributed by atoms with van der Waals surface area (Å²) in [5.41, 5.74) is 6.48. The van der Waals surface area contributed by atoms with Gasteiger partial charge in [-0.1, -0.05) is 39.3 Å². The molecule has 8 heteroatoms. The summed E-state index contributed by atoms with van der Waals surface area (Å²) in [6, 6.07) is 9.10. The Hall–Kier alpha value is -3.34. The molecule has 0 aliphatic heterocycles. The molecule has 30 heavy (non-hydrogen) atoms. The molecule has 0 aliphatic rings. The Morgan fingerprint density at radius 3 is 2.50 bits per heavy atom. The maximum absolute atomic E-state index is 13.1. The number of nitrogens with two attached hydrogens (primary N) is 1. The molecule has 0 bridgehead atoms. The second-order valence-electron chi connectivity index (χ2n) is 7.71. The van der Waals surface area contributed by atoms with Gasteiger partial charge in [0.2, 0.25) is 5.91 Å². The lowest BCUT2D eigenvalue weighted by molar-refractivity contribution is -0.118. The van der Waals surface area contributed by atoms with Crippen LogP contribution in [-0.4, -0.2) is 22.0 Å². The van der Waals surface area contributed by atoms with Crippen molar-refractivity contribution in [2.45, 2.75) is 53.0 Å². The number of carbonyl (C=O) groups excluding carboxylic acids is 1. The first kappa shape index (κ1) is 22.9. The van der Waals surface area contributed by atoms with Crippen LogP contribution in [0.5, 0.6) is 0 Å². The highest BCUT2D eigenvalue weighted by atomic mass is 16.2. The molecule has 1 heterocycles. The molecular formula is C22H29N5O3. The molecule has 1 aromatic heterocycles. The van der Waals surface area contributed by atoms with Gasteiger partial charge in [0.25, 0.3) is 5.56 Å². The summed E-state index contributed by atoms with van der Waals surface area (Å²) in [5.74, 6) is -0.130. The number of hydrogen-bond donors (Lipinski definition) is 2. The van der Waals surface area contributed by atoms with Crippen LogP contribution in [-0.2, 0) is 17.8 Å². The fraction of sp³-hybridized carbons (Fsp3) is 0.455. The van der Waals surface area contributed by atoms with Crippen molar-refractivity contribution in [1.82, 2.24) is 9.55 Å². The highest BCUT2D eigenvalue weighted by Crippen LogP contribution is 2.20. The number of rotatable bonds is 9. The maximum Gasteiger partial charge on any atom is 0.330 e. The van der Waals surface area contributed by atoms with E-state index >= 15 is 0 Å². The minimum Gasteiger partial charge on any atom is -0.383 e. The monoisotopic (exact) mass is 411 g/mol. The first-order valence-corrected chi connectivity index (χ1v) is 10.2. The molecule has 0 saturated heterocycles. The maximum atomic E-state index is 13.1. The van der Waals surface area contributed by atoms with Gasteiger partial charge >= 0.3 is 5.69 Å². The fourth-order valence-corrected chi connectivity index (χ4v) is 3.19. The number of hydrogen-bond acceptors (Lipinski definition) is 5. The third-order valence-electron chi connectivity index (χ3n) is 4.78. The third-order valence-corrected chi connectivity index (χ3v) is 4.78. The number of aromatic nitrogens is 2. The van der Waals surface area contributed by atoms with E-state index in [-0.39, 0.29) is 29.8 Å². The number of nitrogens with zero attached hydrogens (tertiary/aromatic N) is 3. The molecule has 3 N–H and O–H groups in total. The molecule has 2 rings (SSSR count). The molecule has 0 atom stereocenters. The Balaban J connectivity index is 2.34. The second-order valence-corrected chi connectivity index (χ2v) is 7.71. The Morgan fingerprint density at radius 2 is 1.93 bits per heavy atom. The number of aryl methyl sites for hydroxylation is 1. The Kier molecular flexibility index (Phi) is 7.98. The van der Waals surface area contributed by atoms with E-state index in [2.05, 4.69) is 11.1 Å². The van der Waals surface area contributed by atoms with Crippen molar-refractivity contribution in [3.05, 3.63) is 56.2 Å². The van der Waals surface area contributed by atoms with Crippen LogP contribution < -0.4 is 21.9 Å². The van der Waals surface area contributed by atoms with E-state index in [9.17, 15) is 14.4 Å². The normalized spacial score (nSPS) is 10.8. The SMILES string of the molecule is CCCCn1c(N)c(N(CC(C)C)C(=O)CCc2ccc(C#N)cc2)c(=O)[nH]c1=O. The van der Waals surface area contributed by atoms with E-state index < -0.39 is 11.2 Å². The van der Waals surface area contributed by atoms with Crippen LogP contribution in [0.2, 0.25) is 0 Å². The molecule has 0 radical (unpaired) electrons. The summed E-state index contributed by atoms with van der Waals surface area (Å²) in [6.45, 7) is 6.56. The lowest BCUT2D eigenvalue weighted by Crippen LogP contribution is -2.42. The topological polar surface area (TPSA) is 125 Å². The van der Waals surface area contributed by atoms with Gasteiger partial charge in [0.15, 0.2) is 5.69 Å². The summed E-state index contributed by atoms with van der Waals surface area (Å²) < 4.78 is 1.32. The largest absolute Gasteiger partial charge is 0.383 e. The minimum atomic E-state index is -0.655. The number of nitrogen functional groups attached to an aromatic ring is 1. The van der Waals surface area contributed by atoms with Crippen LogP contribution in [0, 0.1) is 17.2 Å². The first-order chi connectivity index (χ1) is 14.3. The summed E-state index contributed by atoms with van der Waals surface area (Å²) in [6.07, 6.45) is 2.23. The van der Waals surface area contributed by atoms with Gasteiger partial charge in [-0.3, -0.25) is 19.1 Å². The van der Waals surface area contributed by atoms with Crippen molar-refractivity contribution in [2.75, 3.05) is 17.2 Å². The van der Waals surface area contributed by atoms with E-state index in [1.807, 2.05) is 32.9 Å². The molecule has 0 spiro atoms. The molecule has 1 aromatic carbocycles. The van der Waals surface area contributed by atoms with Crippen LogP contribution in [0.4, 0.5) is 11.5 Å². The fourth-order valence-electron chi connectivity index (χ4n) is 3.19. The molecule has 2 aromatic rings. The van der Waals surface area contributed by atoms with Crippen LogP contribution in [0.15, 0.2) is 33.9 Å². The van der Waals surface area contributed by atoms with Crippen molar-refractivity contribution in [3.8, 4) is 6.07 Å². The number of amides is 1. The van der Waals surface area contributed by atoms with Gasteiger partial charge in [0, 0.05) is 19.5 Å². The van der Waals surface area contributed by atoms with Gasteiger partial charge in [-0.05, 0) is 36.5 Å². The highest BCUT2D eigenvalue weighted by Gasteiger charge is 2.24. The van der Waals surface area contributed by atoms with Crippen LogP contribution in [0.1, 0.15) is 51.2 Å². The highest BCUT2D eigenvalue weighted by molar-refractivity contribution is 5.95. The second kappa shape index (κ2) is 10.4. The molecule has 1 amide bonds. The summed E-state index contributed by atoms with van der Waals surface area (Å²) in [4.78, 5) is 41.5. The van der Waals surface area contributed by atoms with Gasteiger partial charge in [-0.25, -0.2) is 4.79 Å². The number of nitriles is 1.